The second-order valence-electron chi connectivity index (χ2n) is 7.51. The second kappa shape index (κ2) is 12.0. The Morgan fingerprint density at radius 3 is 2.33 bits per heavy atom. The number of rotatable bonds is 11. The lowest BCUT2D eigenvalue weighted by Crippen LogP contribution is -2.53. The smallest absolute Gasteiger partial charge is 0.244 e. The summed E-state index contributed by atoms with van der Waals surface area (Å²) in [5.74, 6) is -1.56. The number of benzene rings is 2. The average Bonchev–Trinajstić information content (AvgIpc) is 2.76. The minimum atomic E-state index is -3.90. The number of nitrogens with one attached hydrogen (secondary N) is 1. The van der Waals surface area contributed by atoms with Gasteiger partial charge in [0.1, 0.15) is 18.4 Å². The van der Waals surface area contributed by atoms with Gasteiger partial charge in [0.05, 0.1) is 17.0 Å². The van der Waals surface area contributed by atoms with Crippen LogP contribution in [0.1, 0.15) is 25.8 Å². The summed E-state index contributed by atoms with van der Waals surface area (Å²) in [7, 11) is -3.90. The van der Waals surface area contributed by atoms with Gasteiger partial charge in [-0.15, -0.1) is 0 Å². The normalized spacial score (nSPS) is 12.2. The van der Waals surface area contributed by atoms with E-state index in [-0.39, 0.29) is 23.2 Å². The molecule has 2 amide bonds. The molecule has 180 valence electrons. The predicted molar refractivity (Wildman–Crippen MR) is 128 cm³/mol. The van der Waals surface area contributed by atoms with E-state index in [1.54, 1.807) is 13.8 Å². The number of nitrogens with zero attached hydrogens (tertiary/aromatic N) is 2. The number of carbonyl (C=O) groups excluding carboxylic acids is 2. The average molecular weight is 498 g/mol. The molecule has 7 nitrogen and oxygen atoms in total. The molecule has 0 aliphatic rings. The molecule has 33 heavy (non-hydrogen) atoms. The molecule has 0 bridgehead atoms. The highest BCUT2D eigenvalue weighted by atomic mass is 35.5. The summed E-state index contributed by atoms with van der Waals surface area (Å²) in [4.78, 5) is 27.5. The fourth-order valence-electron chi connectivity index (χ4n) is 3.44. The van der Waals surface area contributed by atoms with Gasteiger partial charge in [-0.1, -0.05) is 48.9 Å². The zero-order chi connectivity index (χ0) is 24.6. The van der Waals surface area contributed by atoms with E-state index < -0.39 is 34.3 Å². The molecule has 0 aliphatic carbocycles. The van der Waals surface area contributed by atoms with Gasteiger partial charge < -0.3 is 10.2 Å². The van der Waals surface area contributed by atoms with Crippen LogP contribution in [0.15, 0.2) is 48.5 Å². The number of carbonyl (C=O) groups is 2. The highest BCUT2D eigenvalue weighted by Crippen LogP contribution is 2.25. The Hall–Kier alpha value is -2.65. The summed E-state index contributed by atoms with van der Waals surface area (Å²) in [6.45, 7) is 3.65. The fraction of sp³-hybridized carbons (Fsp3) is 0.391. The lowest BCUT2D eigenvalue weighted by molar-refractivity contribution is -0.139. The third kappa shape index (κ3) is 7.43. The number of halogens is 2. The van der Waals surface area contributed by atoms with Crippen molar-refractivity contribution >= 4 is 39.1 Å². The Morgan fingerprint density at radius 1 is 1.12 bits per heavy atom. The van der Waals surface area contributed by atoms with Gasteiger partial charge in [0.15, 0.2) is 0 Å². The van der Waals surface area contributed by atoms with Crippen LogP contribution in [-0.4, -0.2) is 57.1 Å². The molecule has 0 unspecified atom stereocenters. The minimum Gasteiger partial charge on any atom is -0.355 e. The van der Waals surface area contributed by atoms with Crippen molar-refractivity contribution in [3.63, 3.8) is 0 Å². The van der Waals surface area contributed by atoms with E-state index in [2.05, 4.69) is 5.32 Å². The highest BCUT2D eigenvalue weighted by molar-refractivity contribution is 7.92. The maximum absolute atomic E-state index is 13.6. The molecule has 0 saturated heterocycles. The standard InChI is InChI=1S/C23H29ClFN3O4S/c1-4-21(23(30)26-5-2)27(14-13-17-9-7-6-8-10-17)22(29)16-28(33(3,31)32)18-11-12-20(25)19(24)15-18/h6-12,15,21H,4-5,13-14,16H2,1-3H3,(H,26,30)/t21-/m0/s1. The van der Waals surface area contributed by atoms with Crippen molar-refractivity contribution in [3.05, 3.63) is 64.9 Å². The molecule has 1 N–H and O–H groups in total. The number of hydrogen-bond donors (Lipinski definition) is 1. The molecule has 0 heterocycles. The van der Waals surface area contributed by atoms with Gasteiger partial charge in [-0.05, 0) is 43.5 Å². The van der Waals surface area contributed by atoms with Crippen LogP contribution in [0.5, 0.6) is 0 Å². The summed E-state index contributed by atoms with van der Waals surface area (Å²) in [6, 6.07) is 12.1. The van der Waals surface area contributed by atoms with Crippen molar-refractivity contribution in [1.82, 2.24) is 10.2 Å². The molecule has 0 fully saturated rings. The van der Waals surface area contributed by atoms with Gasteiger partial charge in [0, 0.05) is 13.1 Å². The maximum atomic E-state index is 13.6. The fourth-order valence-corrected chi connectivity index (χ4v) is 4.46. The lowest BCUT2D eigenvalue weighted by Gasteiger charge is -2.32. The van der Waals surface area contributed by atoms with Crippen LogP contribution in [0.25, 0.3) is 0 Å². The Bertz CT molecular complexity index is 1070. The topological polar surface area (TPSA) is 86.8 Å². The van der Waals surface area contributed by atoms with Gasteiger partial charge in [-0.25, -0.2) is 12.8 Å². The SMILES string of the molecule is CCNC(=O)[C@H](CC)N(CCc1ccccc1)C(=O)CN(c1ccc(F)c(Cl)c1)S(C)(=O)=O. The molecule has 0 aliphatic heterocycles. The molecule has 2 aromatic carbocycles. The summed E-state index contributed by atoms with van der Waals surface area (Å²) in [5, 5.41) is 2.47. The van der Waals surface area contributed by atoms with Crippen molar-refractivity contribution in [2.45, 2.75) is 32.7 Å². The number of sulfonamides is 1. The van der Waals surface area contributed by atoms with Crippen LogP contribution in [0, 0.1) is 5.82 Å². The van der Waals surface area contributed by atoms with E-state index >= 15 is 0 Å². The number of hydrogen-bond acceptors (Lipinski definition) is 4. The van der Waals surface area contributed by atoms with Crippen LogP contribution < -0.4 is 9.62 Å². The van der Waals surface area contributed by atoms with Crippen molar-refractivity contribution in [1.29, 1.82) is 0 Å². The molecule has 1 atom stereocenters. The van der Waals surface area contributed by atoms with Crippen molar-refractivity contribution < 1.29 is 22.4 Å². The summed E-state index contributed by atoms with van der Waals surface area (Å²) < 4.78 is 39.4. The first-order valence-electron chi connectivity index (χ1n) is 10.6. The Labute approximate surface area is 199 Å². The molecule has 10 heteroatoms. The molecular weight excluding hydrogens is 469 g/mol. The number of likely N-dealkylation sites (N-methyl/N-ethyl adjacent to an activating group) is 1. The zero-order valence-corrected chi connectivity index (χ0v) is 20.5. The van der Waals surface area contributed by atoms with Gasteiger partial charge in [-0.3, -0.25) is 13.9 Å². The maximum Gasteiger partial charge on any atom is 0.244 e. The third-order valence-electron chi connectivity index (χ3n) is 5.09. The molecular formula is C23H29ClFN3O4S. The molecule has 0 radical (unpaired) electrons. The van der Waals surface area contributed by atoms with Crippen LogP contribution >= 0.6 is 11.6 Å². The Kier molecular flexibility index (Phi) is 9.67. The first-order chi connectivity index (χ1) is 15.6. The Balaban J connectivity index is 2.36. The monoisotopic (exact) mass is 497 g/mol. The van der Waals surface area contributed by atoms with E-state index in [0.29, 0.717) is 19.4 Å². The first-order valence-corrected chi connectivity index (χ1v) is 12.8. The second-order valence-corrected chi connectivity index (χ2v) is 9.82. The Morgan fingerprint density at radius 2 is 1.79 bits per heavy atom. The zero-order valence-electron chi connectivity index (χ0n) is 18.9. The van der Waals surface area contributed by atoms with Crippen molar-refractivity contribution in [2.75, 3.05) is 30.2 Å². The molecule has 0 saturated carbocycles. The number of amides is 2. The van der Waals surface area contributed by atoms with Gasteiger partial charge >= 0.3 is 0 Å². The van der Waals surface area contributed by atoms with E-state index in [1.165, 1.54) is 11.0 Å². The highest BCUT2D eigenvalue weighted by Gasteiger charge is 2.31. The lowest BCUT2D eigenvalue weighted by atomic mass is 10.1. The molecule has 0 spiro atoms. The van der Waals surface area contributed by atoms with Crippen LogP contribution in [0.2, 0.25) is 5.02 Å². The number of anilines is 1. The molecule has 0 aromatic heterocycles. The summed E-state index contributed by atoms with van der Waals surface area (Å²) in [5.41, 5.74) is 1.04. The molecule has 2 aromatic rings. The van der Waals surface area contributed by atoms with Crippen molar-refractivity contribution in [3.8, 4) is 0 Å². The van der Waals surface area contributed by atoms with Crippen LogP contribution in [0.4, 0.5) is 10.1 Å². The quantitative estimate of drug-likeness (QED) is 0.516. The predicted octanol–water partition coefficient (Wildman–Crippen LogP) is 3.23. The van der Waals surface area contributed by atoms with Gasteiger partial charge in [0.25, 0.3) is 0 Å². The minimum absolute atomic E-state index is 0.0614. The summed E-state index contributed by atoms with van der Waals surface area (Å²) in [6.07, 6.45) is 1.80. The van der Waals surface area contributed by atoms with Crippen LogP contribution in [0.3, 0.4) is 0 Å². The third-order valence-corrected chi connectivity index (χ3v) is 6.52. The van der Waals surface area contributed by atoms with Crippen LogP contribution in [-0.2, 0) is 26.0 Å². The largest absolute Gasteiger partial charge is 0.355 e. The first kappa shape index (κ1) is 26.6. The van der Waals surface area contributed by atoms with E-state index in [1.807, 2.05) is 30.3 Å². The molecule has 2 rings (SSSR count). The summed E-state index contributed by atoms with van der Waals surface area (Å²) >= 11 is 5.83. The van der Waals surface area contributed by atoms with E-state index in [0.717, 1.165) is 28.3 Å². The van der Waals surface area contributed by atoms with E-state index in [4.69, 9.17) is 11.6 Å². The van der Waals surface area contributed by atoms with Gasteiger partial charge in [0.2, 0.25) is 21.8 Å². The van der Waals surface area contributed by atoms with E-state index in [9.17, 15) is 22.4 Å². The van der Waals surface area contributed by atoms with Gasteiger partial charge in [-0.2, -0.15) is 0 Å². The van der Waals surface area contributed by atoms with Crippen molar-refractivity contribution in [2.24, 2.45) is 0 Å².